The van der Waals surface area contributed by atoms with E-state index in [9.17, 15) is 4.79 Å². The molecule has 5 rings (SSSR count). The van der Waals surface area contributed by atoms with E-state index in [0.717, 1.165) is 24.8 Å². The maximum atomic E-state index is 13.1. The Morgan fingerprint density at radius 3 is 2.25 bits per heavy atom. The van der Waals surface area contributed by atoms with Gasteiger partial charge >= 0.3 is 0 Å². The zero-order valence-electron chi connectivity index (χ0n) is 12.6. The van der Waals surface area contributed by atoms with E-state index in [0.29, 0.717) is 42.2 Å². The highest BCUT2D eigenvalue weighted by atomic mass is 16.2. The molecule has 5 fully saturated rings. The average molecular weight is 276 g/mol. The van der Waals surface area contributed by atoms with Gasteiger partial charge in [-0.25, -0.2) is 0 Å². The van der Waals surface area contributed by atoms with E-state index in [1.54, 1.807) is 0 Å². The highest BCUT2D eigenvalue weighted by Crippen LogP contribution is 2.57. The Morgan fingerprint density at radius 2 is 1.70 bits per heavy atom. The summed E-state index contributed by atoms with van der Waals surface area (Å²) in [6.45, 7) is 3.84. The summed E-state index contributed by atoms with van der Waals surface area (Å²) in [7, 11) is 0. The number of rotatable bonds is 2. The molecule has 20 heavy (non-hydrogen) atoms. The molecule has 1 heterocycles. The van der Waals surface area contributed by atoms with Gasteiger partial charge in [-0.1, -0.05) is 6.92 Å². The van der Waals surface area contributed by atoms with E-state index in [-0.39, 0.29) is 0 Å². The molecule has 5 aliphatic rings. The molecule has 1 aliphatic heterocycles. The largest absolute Gasteiger partial charge is 0.338 e. The van der Waals surface area contributed by atoms with Crippen molar-refractivity contribution in [3.8, 4) is 0 Å². The first kappa shape index (κ1) is 13.1. The van der Waals surface area contributed by atoms with Crippen molar-refractivity contribution in [3.05, 3.63) is 0 Å². The van der Waals surface area contributed by atoms with Gasteiger partial charge in [0.15, 0.2) is 0 Å². The van der Waals surface area contributed by atoms with E-state index < -0.39 is 0 Å². The third kappa shape index (κ3) is 1.85. The molecule has 3 heteroatoms. The van der Waals surface area contributed by atoms with E-state index >= 15 is 0 Å². The fourth-order valence-electron chi connectivity index (χ4n) is 6.16. The summed E-state index contributed by atoms with van der Waals surface area (Å²) < 4.78 is 0. The lowest BCUT2D eigenvalue weighted by Gasteiger charge is -2.54. The summed E-state index contributed by atoms with van der Waals surface area (Å²) in [5.41, 5.74) is 5.93. The van der Waals surface area contributed by atoms with Crippen molar-refractivity contribution in [2.75, 3.05) is 13.1 Å². The first-order chi connectivity index (χ1) is 9.67. The number of nitrogens with two attached hydrogens (primary N) is 1. The molecule has 2 unspecified atom stereocenters. The third-order valence-electron chi connectivity index (χ3n) is 6.92. The summed E-state index contributed by atoms with van der Waals surface area (Å²) in [4.78, 5) is 15.3. The third-order valence-corrected chi connectivity index (χ3v) is 6.92. The first-order valence-electron chi connectivity index (χ1n) is 8.68. The highest BCUT2D eigenvalue weighted by Gasteiger charge is 2.52. The Hall–Kier alpha value is -0.570. The maximum absolute atomic E-state index is 13.1. The van der Waals surface area contributed by atoms with Gasteiger partial charge in [-0.15, -0.1) is 0 Å². The van der Waals surface area contributed by atoms with Crippen LogP contribution in [0.3, 0.4) is 0 Å². The van der Waals surface area contributed by atoms with Crippen molar-refractivity contribution in [1.82, 2.24) is 4.90 Å². The van der Waals surface area contributed by atoms with Crippen molar-refractivity contribution in [2.24, 2.45) is 41.2 Å². The van der Waals surface area contributed by atoms with Gasteiger partial charge in [-0.3, -0.25) is 4.79 Å². The lowest BCUT2D eigenvalue weighted by molar-refractivity contribution is -0.150. The minimum absolute atomic E-state index is 0.305. The second-order valence-corrected chi connectivity index (χ2v) is 8.06. The smallest absolute Gasteiger partial charge is 0.226 e. The summed E-state index contributed by atoms with van der Waals surface area (Å²) in [5.74, 6) is 4.71. The van der Waals surface area contributed by atoms with Crippen LogP contribution in [0.15, 0.2) is 0 Å². The number of amides is 1. The van der Waals surface area contributed by atoms with Gasteiger partial charge in [0.1, 0.15) is 0 Å². The van der Waals surface area contributed by atoms with Crippen LogP contribution in [-0.4, -0.2) is 29.9 Å². The molecule has 1 saturated heterocycles. The second kappa shape index (κ2) is 4.72. The van der Waals surface area contributed by atoms with Crippen LogP contribution in [0.5, 0.6) is 0 Å². The monoisotopic (exact) mass is 276 g/mol. The van der Waals surface area contributed by atoms with Crippen LogP contribution in [0.25, 0.3) is 0 Å². The summed E-state index contributed by atoms with van der Waals surface area (Å²) >= 11 is 0. The van der Waals surface area contributed by atoms with Gasteiger partial charge < -0.3 is 10.6 Å². The highest BCUT2D eigenvalue weighted by molar-refractivity contribution is 5.80. The van der Waals surface area contributed by atoms with Crippen molar-refractivity contribution in [2.45, 2.75) is 51.5 Å². The Bertz CT molecular complexity index is 380. The Kier molecular flexibility index (Phi) is 3.10. The number of carbonyl (C=O) groups is 1. The fourth-order valence-corrected chi connectivity index (χ4v) is 6.16. The first-order valence-corrected chi connectivity index (χ1v) is 8.68. The number of nitrogens with zero attached hydrogens (tertiary/aromatic N) is 1. The lowest BCUT2D eigenvalue weighted by Crippen LogP contribution is -2.54. The van der Waals surface area contributed by atoms with E-state index in [2.05, 4.69) is 11.8 Å². The molecule has 2 N–H and O–H groups in total. The normalized spacial score (nSPS) is 49.9. The fraction of sp³-hybridized carbons (Fsp3) is 0.941. The SMILES string of the molecule is CC1CCN(C(=O)C2C3CC4CC(C3)CC2C4)C1CN. The van der Waals surface area contributed by atoms with E-state index in [4.69, 9.17) is 5.73 Å². The summed E-state index contributed by atoms with van der Waals surface area (Å²) in [6, 6.07) is 0.305. The van der Waals surface area contributed by atoms with Crippen LogP contribution in [-0.2, 0) is 4.79 Å². The zero-order chi connectivity index (χ0) is 13.9. The number of carbonyl (C=O) groups excluding carboxylic acids is 1. The van der Waals surface area contributed by atoms with Crippen LogP contribution in [0, 0.1) is 35.5 Å². The predicted octanol–water partition coefficient (Wildman–Crippen LogP) is 2.25. The molecule has 0 aromatic rings. The summed E-state index contributed by atoms with van der Waals surface area (Å²) in [6.07, 6.45) is 7.93. The van der Waals surface area contributed by atoms with E-state index in [1.807, 2.05) is 0 Å². The molecular formula is C17H28N2O. The molecule has 4 aliphatic carbocycles. The van der Waals surface area contributed by atoms with Crippen LogP contribution in [0.4, 0.5) is 0 Å². The number of hydrogen-bond donors (Lipinski definition) is 1. The molecule has 1 amide bonds. The Balaban J connectivity index is 1.54. The van der Waals surface area contributed by atoms with Crippen LogP contribution in [0.1, 0.15) is 45.4 Å². The van der Waals surface area contributed by atoms with Gasteiger partial charge in [0.2, 0.25) is 5.91 Å². The molecule has 0 aromatic heterocycles. The van der Waals surface area contributed by atoms with Gasteiger partial charge in [-0.05, 0) is 68.1 Å². The Labute approximate surface area is 122 Å². The van der Waals surface area contributed by atoms with Gasteiger partial charge in [0.05, 0.1) is 0 Å². The molecule has 3 nitrogen and oxygen atoms in total. The molecule has 0 aromatic carbocycles. The minimum Gasteiger partial charge on any atom is -0.338 e. The van der Waals surface area contributed by atoms with Gasteiger partial charge in [0.25, 0.3) is 0 Å². The van der Waals surface area contributed by atoms with E-state index in [1.165, 1.54) is 32.1 Å². The van der Waals surface area contributed by atoms with Crippen molar-refractivity contribution >= 4 is 5.91 Å². The zero-order valence-corrected chi connectivity index (χ0v) is 12.6. The standard InChI is InChI=1S/C17H28N2O/c1-10-2-3-19(15(10)9-18)17(20)16-13-5-11-4-12(7-13)8-14(16)6-11/h10-16H,2-9,18H2,1H3. The van der Waals surface area contributed by atoms with Crippen molar-refractivity contribution in [3.63, 3.8) is 0 Å². The predicted molar refractivity (Wildman–Crippen MR) is 78.9 cm³/mol. The molecule has 4 bridgehead atoms. The maximum Gasteiger partial charge on any atom is 0.226 e. The summed E-state index contributed by atoms with van der Waals surface area (Å²) in [5, 5.41) is 0. The Morgan fingerprint density at radius 1 is 1.10 bits per heavy atom. The second-order valence-electron chi connectivity index (χ2n) is 8.06. The lowest BCUT2D eigenvalue weighted by atomic mass is 9.51. The molecule has 4 saturated carbocycles. The average Bonchev–Trinajstić information content (AvgIpc) is 2.78. The number of hydrogen-bond acceptors (Lipinski definition) is 2. The van der Waals surface area contributed by atoms with Crippen molar-refractivity contribution in [1.29, 1.82) is 0 Å². The molecule has 112 valence electrons. The van der Waals surface area contributed by atoms with Crippen molar-refractivity contribution < 1.29 is 4.79 Å². The molecule has 0 radical (unpaired) electrons. The minimum atomic E-state index is 0.305. The topological polar surface area (TPSA) is 46.3 Å². The van der Waals surface area contributed by atoms with Gasteiger partial charge in [-0.2, -0.15) is 0 Å². The molecular weight excluding hydrogens is 248 g/mol. The molecule has 0 spiro atoms. The van der Waals surface area contributed by atoms with Crippen LogP contribution in [0.2, 0.25) is 0 Å². The number of likely N-dealkylation sites (tertiary alicyclic amines) is 1. The quantitative estimate of drug-likeness (QED) is 0.841. The van der Waals surface area contributed by atoms with Crippen LogP contribution < -0.4 is 5.73 Å². The van der Waals surface area contributed by atoms with Crippen LogP contribution >= 0.6 is 0 Å². The van der Waals surface area contributed by atoms with Gasteiger partial charge in [0, 0.05) is 25.0 Å². The molecule has 2 atom stereocenters.